The minimum absolute atomic E-state index is 0. The van der Waals surface area contributed by atoms with Crippen LogP contribution in [0.1, 0.15) is 6.42 Å². The van der Waals surface area contributed by atoms with Gasteiger partial charge in [0, 0.05) is 31.8 Å². The van der Waals surface area contributed by atoms with Gasteiger partial charge in [0.2, 0.25) is 10.0 Å². The normalized spacial score (nSPS) is 16.5. The van der Waals surface area contributed by atoms with Crippen molar-refractivity contribution in [2.24, 2.45) is 0 Å². The molecule has 0 aromatic heterocycles. The van der Waals surface area contributed by atoms with E-state index in [4.69, 9.17) is 21.1 Å². The van der Waals surface area contributed by atoms with Gasteiger partial charge in [-0.05, 0) is 13.0 Å². The van der Waals surface area contributed by atoms with Gasteiger partial charge in [-0.25, -0.2) is 8.42 Å². The number of nitrogens with one attached hydrogen (secondary N) is 1. The van der Waals surface area contributed by atoms with Crippen molar-refractivity contribution in [1.82, 2.24) is 9.62 Å². The van der Waals surface area contributed by atoms with Gasteiger partial charge < -0.3 is 14.8 Å². The van der Waals surface area contributed by atoms with E-state index >= 15 is 0 Å². The zero-order chi connectivity index (χ0) is 15.5. The van der Waals surface area contributed by atoms with Crippen LogP contribution < -0.4 is 14.8 Å². The maximum absolute atomic E-state index is 12.7. The second-order valence-electron chi connectivity index (χ2n) is 4.65. The third-order valence-electron chi connectivity index (χ3n) is 3.35. The number of rotatable bonds is 4. The van der Waals surface area contributed by atoms with Gasteiger partial charge in [0.1, 0.15) is 4.90 Å². The van der Waals surface area contributed by atoms with Crippen molar-refractivity contribution in [2.75, 3.05) is 40.4 Å². The van der Waals surface area contributed by atoms with Gasteiger partial charge in [-0.15, -0.1) is 12.4 Å². The Hall–Kier alpha value is -0.730. The van der Waals surface area contributed by atoms with Crippen molar-refractivity contribution < 1.29 is 17.9 Å². The van der Waals surface area contributed by atoms with E-state index in [0.717, 1.165) is 13.0 Å². The Bertz CT molecular complexity index is 602. The van der Waals surface area contributed by atoms with Crippen LogP contribution in [-0.2, 0) is 10.0 Å². The number of sulfonamides is 1. The molecule has 1 fully saturated rings. The Balaban J connectivity index is 0.00000242. The molecule has 0 spiro atoms. The molecule has 1 saturated heterocycles. The first-order valence-corrected chi connectivity index (χ1v) is 8.45. The zero-order valence-electron chi connectivity index (χ0n) is 12.5. The molecule has 6 nitrogen and oxygen atoms in total. The molecule has 1 aliphatic rings. The summed E-state index contributed by atoms with van der Waals surface area (Å²) in [6.45, 7) is 2.34. The van der Waals surface area contributed by atoms with Crippen LogP contribution in [0.25, 0.3) is 0 Å². The van der Waals surface area contributed by atoms with Crippen molar-refractivity contribution in [3.63, 3.8) is 0 Å². The molecule has 0 aliphatic carbocycles. The Kier molecular flexibility index (Phi) is 7.21. The molecular weight excluding hydrogens is 351 g/mol. The predicted octanol–water partition coefficient (Wildman–Crippen LogP) is 1.76. The van der Waals surface area contributed by atoms with Gasteiger partial charge in [-0.2, -0.15) is 4.31 Å². The summed E-state index contributed by atoms with van der Waals surface area (Å²) in [5.74, 6) is 0.743. The van der Waals surface area contributed by atoms with E-state index in [0.29, 0.717) is 31.1 Å². The monoisotopic (exact) mass is 370 g/mol. The summed E-state index contributed by atoms with van der Waals surface area (Å²) in [6, 6.07) is 2.87. The second kappa shape index (κ2) is 8.21. The average molecular weight is 371 g/mol. The van der Waals surface area contributed by atoms with Crippen molar-refractivity contribution in [3.8, 4) is 11.5 Å². The largest absolute Gasteiger partial charge is 0.493 e. The molecule has 126 valence electrons. The summed E-state index contributed by atoms with van der Waals surface area (Å²) in [5.41, 5.74) is 0. The van der Waals surface area contributed by atoms with Crippen LogP contribution in [0.3, 0.4) is 0 Å². The molecule has 0 radical (unpaired) electrons. The van der Waals surface area contributed by atoms with Gasteiger partial charge >= 0.3 is 0 Å². The van der Waals surface area contributed by atoms with E-state index in [-0.39, 0.29) is 22.3 Å². The molecule has 1 aromatic carbocycles. The first-order chi connectivity index (χ1) is 10.0. The molecule has 2 rings (SSSR count). The number of halogens is 2. The Morgan fingerprint density at radius 2 is 1.77 bits per heavy atom. The van der Waals surface area contributed by atoms with E-state index in [1.807, 2.05) is 0 Å². The first-order valence-electron chi connectivity index (χ1n) is 6.63. The van der Waals surface area contributed by atoms with E-state index in [1.165, 1.54) is 30.7 Å². The van der Waals surface area contributed by atoms with Gasteiger partial charge in [-0.3, -0.25) is 0 Å². The maximum atomic E-state index is 12.7. The Labute approximate surface area is 142 Å². The van der Waals surface area contributed by atoms with Crippen molar-refractivity contribution in [3.05, 3.63) is 17.2 Å². The minimum Gasteiger partial charge on any atom is -0.493 e. The van der Waals surface area contributed by atoms with E-state index in [1.54, 1.807) is 0 Å². The van der Waals surface area contributed by atoms with Crippen LogP contribution in [0.15, 0.2) is 17.0 Å². The van der Waals surface area contributed by atoms with Crippen LogP contribution in [0.5, 0.6) is 11.5 Å². The highest BCUT2D eigenvalue weighted by atomic mass is 35.5. The SMILES string of the molecule is COc1cc(Cl)c(S(=O)(=O)N2CCCNCC2)cc1OC.Cl. The molecule has 9 heteroatoms. The van der Waals surface area contributed by atoms with Crippen molar-refractivity contribution >= 4 is 34.0 Å². The summed E-state index contributed by atoms with van der Waals surface area (Å²) in [4.78, 5) is 0.0451. The molecule has 0 unspecified atom stereocenters. The van der Waals surface area contributed by atoms with E-state index in [2.05, 4.69) is 5.32 Å². The van der Waals surface area contributed by atoms with Gasteiger partial charge in [0.15, 0.2) is 11.5 Å². The molecule has 0 bridgehead atoms. The van der Waals surface area contributed by atoms with E-state index < -0.39 is 10.0 Å². The lowest BCUT2D eigenvalue weighted by atomic mass is 10.3. The fourth-order valence-corrected chi connectivity index (χ4v) is 4.22. The molecule has 0 amide bonds. The van der Waals surface area contributed by atoms with Crippen LogP contribution >= 0.6 is 24.0 Å². The van der Waals surface area contributed by atoms with Gasteiger partial charge in [-0.1, -0.05) is 11.6 Å². The lowest BCUT2D eigenvalue weighted by Crippen LogP contribution is -2.34. The number of ether oxygens (including phenoxy) is 2. The molecule has 1 aliphatic heterocycles. The first kappa shape index (κ1) is 19.3. The fourth-order valence-electron chi connectivity index (χ4n) is 2.23. The smallest absolute Gasteiger partial charge is 0.244 e. The van der Waals surface area contributed by atoms with Crippen molar-refractivity contribution in [2.45, 2.75) is 11.3 Å². The molecule has 1 heterocycles. The summed E-state index contributed by atoms with van der Waals surface area (Å²) < 4.78 is 37.2. The molecule has 0 atom stereocenters. The topological polar surface area (TPSA) is 67.9 Å². The van der Waals surface area contributed by atoms with Gasteiger partial charge in [0.25, 0.3) is 0 Å². The molecule has 1 N–H and O–H groups in total. The third kappa shape index (κ3) is 3.97. The van der Waals surface area contributed by atoms with Crippen molar-refractivity contribution in [1.29, 1.82) is 0 Å². The number of hydrogen-bond donors (Lipinski definition) is 1. The summed E-state index contributed by atoms with van der Waals surface area (Å²) in [7, 11) is -0.716. The quantitative estimate of drug-likeness (QED) is 0.874. The van der Waals surface area contributed by atoms with Crippen LogP contribution in [-0.4, -0.2) is 53.1 Å². The van der Waals surface area contributed by atoms with Crippen LogP contribution in [0, 0.1) is 0 Å². The highest BCUT2D eigenvalue weighted by Gasteiger charge is 2.28. The summed E-state index contributed by atoms with van der Waals surface area (Å²) in [6.07, 6.45) is 0.768. The van der Waals surface area contributed by atoms with Crippen LogP contribution in [0.2, 0.25) is 5.02 Å². The zero-order valence-corrected chi connectivity index (χ0v) is 14.9. The predicted molar refractivity (Wildman–Crippen MR) is 88.0 cm³/mol. The highest BCUT2D eigenvalue weighted by Crippen LogP contribution is 2.36. The van der Waals surface area contributed by atoms with Crippen LogP contribution in [0.4, 0.5) is 0 Å². The lowest BCUT2D eigenvalue weighted by molar-refractivity contribution is 0.353. The second-order valence-corrected chi connectivity index (χ2v) is 6.96. The molecular formula is C13H20Cl2N2O4S. The number of benzene rings is 1. The summed E-state index contributed by atoms with van der Waals surface area (Å²) >= 11 is 6.12. The summed E-state index contributed by atoms with van der Waals surface area (Å²) in [5, 5.41) is 3.30. The van der Waals surface area contributed by atoms with E-state index in [9.17, 15) is 8.42 Å². The lowest BCUT2D eigenvalue weighted by Gasteiger charge is -2.21. The Morgan fingerprint density at radius 3 is 2.41 bits per heavy atom. The standard InChI is InChI=1S/C13H19ClN2O4S.ClH/c1-19-11-8-10(14)13(9-12(11)20-2)21(17,18)16-6-3-4-15-5-7-16;/h8-9,15H,3-7H2,1-2H3;1H. The van der Waals surface area contributed by atoms with Gasteiger partial charge in [0.05, 0.1) is 19.2 Å². The third-order valence-corrected chi connectivity index (χ3v) is 5.72. The molecule has 0 saturated carbocycles. The highest BCUT2D eigenvalue weighted by molar-refractivity contribution is 7.89. The number of hydrogen-bond acceptors (Lipinski definition) is 5. The Morgan fingerprint density at radius 1 is 1.14 bits per heavy atom. The molecule has 1 aromatic rings. The fraction of sp³-hybridized carbons (Fsp3) is 0.538. The average Bonchev–Trinajstić information content (AvgIpc) is 2.76. The number of nitrogens with zero attached hydrogens (tertiary/aromatic N) is 1. The molecule has 22 heavy (non-hydrogen) atoms. The minimum atomic E-state index is -3.65. The maximum Gasteiger partial charge on any atom is 0.244 e. The number of methoxy groups -OCH3 is 2.